The zero-order valence-corrected chi connectivity index (χ0v) is 22.7. The van der Waals surface area contributed by atoms with Gasteiger partial charge in [0, 0.05) is 49.6 Å². The molecule has 1 aromatic heterocycles. The van der Waals surface area contributed by atoms with Crippen molar-refractivity contribution in [2.45, 2.75) is 19.3 Å². The zero-order chi connectivity index (χ0) is 27.5. The Morgan fingerprint density at radius 1 is 1.18 bits per heavy atom. The topological polar surface area (TPSA) is 97.1 Å². The average Bonchev–Trinajstić information content (AvgIpc) is 3.57. The highest BCUT2D eigenvalue weighted by Gasteiger charge is 2.51. The molecule has 3 aromatic rings. The molecule has 0 saturated carbocycles. The first-order valence-electron chi connectivity index (χ1n) is 13.8. The van der Waals surface area contributed by atoms with E-state index in [9.17, 15) is 9.59 Å². The van der Waals surface area contributed by atoms with Crippen LogP contribution >= 0.6 is 0 Å². The average molecular weight is 543 g/mol. The first-order chi connectivity index (χ1) is 19.5. The molecule has 0 radical (unpaired) electrons. The second kappa shape index (κ2) is 11.2. The SMILES string of the molecule is Cc1ocnc1C(=O)N1CCCOc2cccc3c2OC[C@@]2(CNC(=O)C1)CN(C/C=C/c1ccccc1)C[C@@H]32. The number of carbonyl (C=O) groups is 2. The molecule has 0 aliphatic carbocycles. The maximum absolute atomic E-state index is 13.2. The maximum Gasteiger partial charge on any atom is 0.276 e. The Morgan fingerprint density at radius 3 is 2.88 bits per heavy atom. The van der Waals surface area contributed by atoms with Crippen molar-refractivity contribution in [1.29, 1.82) is 0 Å². The molecule has 1 N–H and O–H groups in total. The molecular formula is C31H34N4O5. The van der Waals surface area contributed by atoms with E-state index in [0.29, 0.717) is 38.5 Å². The molecular weight excluding hydrogens is 508 g/mol. The van der Waals surface area contributed by atoms with Crippen LogP contribution in [0.15, 0.2) is 65.4 Å². The molecule has 40 heavy (non-hydrogen) atoms. The van der Waals surface area contributed by atoms with E-state index >= 15 is 0 Å². The summed E-state index contributed by atoms with van der Waals surface area (Å²) in [6.45, 7) is 5.72. The Hall–Kier alpha value is -4.11. The largest absolute Gasteiger partial charge is 0.490 e. The lowest BCUT2D eigenvalue weighted by atomic mass is 9.73. The zero-order valence-electron chi connectivity index (χ0n) is 22.7. The van der Waals surface area contributed by atoms with E-state index < -0.39 is 0 Å². The number of oxazole rings is 1. The number of benzene rings is 2. The summed E-state index contributed by atoms with van der Waals surface area (Å²) in [4.78, 5) is 34.5. The van der Waals surface area contributed by atoms with E-state index in [-0.39, 0.29) is 35.4 Å². The molecule has 2 atom stereocenters. The molecule has 5 heterocycles. The molecule has 4 aliphatic rings. The highest BCUT2D eigenvalue weighted by atomic mass is 16.5. The number of carbonyl (C=O) groups excluding carboxylic acids is 2. The van der Waals surface area contributed by atoms with Crippen molar-refractivity contribution >= 4 is 17.9 Å². The van der Waals surface area contributed by atoms with Crippen LogP contribution in [0, 0.1) is 12.3 Å². The van der Waals surface area contributed by atoms with E-state index in [1.54, 1.807) is 6.92 Å². The summed E-state index contributed by atoms with van der Waals surface area (Å²) in [7, 11) is 0. The first kappa shape index (κ1) is 26.1. The fraction of sp³-hybridized carbons (Fsp3) is 0.387. The molecule has 1 spiro atoms. The van der Waals surface area contributed by atoms with E-state index in [1.807, 2.05) is 30.3 Å². The summed E-state index contributed by atoms with van der Waals surface area (Å²) >= 11 is 0. The van der Waals surface area contributed by atoms with Crippen molar-refractivity contribution < 1.29 is 23.5 Å². The Labute approximate surface area is 233 Å². The molecule has 1 saturated heterocycles. The van der Waals surface area contributed by atoms with Crippen LogP contribution in [0.2, 0.25) is 0 Å². The fourth-order valence-electron chi connectivity index (χ4n) is 6.06. The van der Waals surface area contributed by atoms with Gasteiger partial charge in [-0.2, -0.15) is 0 Å². The van der Waals surface area contributed by atoms with Gasteiger partial charge in [0.05, 0.1) is 19.8 Å². The number of hydrogen-bond acceptors (Lipinski definition) is 7. The van der Waals surface area contributed by atoms with Gasteiger partial charge in [0.1, 0.15) is 5.76 Å². The molecule has 9 nitrogen and oxygen atoms in total. The number of fused-ring (bicyclic) bond motifs is 9. The predicted molar refractivity (Wildman–Crippen MR) is 149 cm³/mol. The fourth-order valence-corrected chi connectivity index (χ4v) is 6.06. The summed E-state index contributed by atoms with van der Waals surface area (Å²) in [6.07, 6.45) is 6.14. The van der Waals surface area contributed by atoms with Crippen LogP contribution in [-0.2, 0) is 4.79 Å². The second-order valence-corrected chi connectivity index (χ2v) is 10.8. The van der Waals surface area contributed by atoms with Gasteiger partial charge < -0.3 is 24.1 Å². The van der Waals surface area contributed by atoms with Crippen LogP contribution < -0.4 is 14.8 Å². The van der Waals surface area contributed by atoms with Crippen LogP contribution in [0.5, 0.6) is 11.5 Å². The summed E-state index contributed by atoms with van der Waals surface area (Å²) in [6, 6.07) is 16.3. The number of aryl methyl sites for hydroxylation is 1. The monoisotopic (exact) mass is 542 g/mol. The van der Waals surface area contributed by atoms with Gasteiger partial charge in [-0.1, -0.05) is 54.6 Å². The lowest BCUT2D eigenvalue weighted by Gasteiger charge is -2.40. The van der Waals surface area contributed by atoms with Crippen molar-refractivity contribution in [1.82, 2.24) is 20.1 Å². The molecule has 2 amide bonds. The summed E-state index contributed by atoms with van der Waals surface area (Å²) in [5.74, 6) is 1.59. The smallest absolute Gasteiger partial charge is 0.276 e. The number of hydrogen-bond donors (Lipinski definition) is 1. The Bertz CT molecular complexity index is 1400. The molecule has 7 rings (SSSR count). The number of para-hydroxylation sites is 1. The summed E-state index contributed by atoms with van der Waals surface area (Å²) < 4.78 is 17.8. The van der Waals surface area contributed by atoms with Crippen LogP contribution in [0.3, 0.4) is 0 Å². The van der Waals surface area contributed by atoms with E-state index in [2.05, 4.69) is 45.6 Å². The number of rotatable bonds is 4. The van der Waals surface area contributed by atoms with Crippen LogP contribution in [0.4, 0.5) is 0 Å². The number of aromatic nitrogens is 1. The van der Waals surface area contributed by atoms with E-state index in [0.717, 1.165) is 36.7 Å². The van der Waals surface area contributed by atoms with Gasteiger partial charge in [-0.05, 0) is 25.0 Å². The van der Waals surface area contributed by atoms with Crippen molar-refractivity contribution in [2.75, 3.05) is 52.5 Å². The summed E-state index contributed by atoms with van der Waals surface area (Å²) in [5, 5.41) is 3.15. The van der Waals surface area contributed by atoms with Crippen molar-refractivity contribution in [2.24, 2.45) is 5.41 Å². The molecule has 1 fully saturated rings. The number of nitrogens with one attached hydrogen (secondary N) is 1. The van der Waals surface area contributed by atoms with Gasteiger partial charge in [-0.25, -0.2) is 4.98 Å². The standard InChI is InChI=1S/C31H34N4O5/c1-22-28(33-21-40-22)30(37)35-14-7-15-38-26-12-5-11-24-25-16-34(13-6-10-23-8-3-2-4-9-23)19-31(25,20-39-29(24)26)18-32-27(36)17-35/h2-6,8-12,21,25H,7,13-20H2,1H3,(H,32,36)/b10-6+/t25-,31+/m0/s1. The van der Waals surface area contributed by atoms with Gasteiger partial charge in [-0.15, -0.1) is 0 Å². The number of amides is 2. The van der Waals surface area contributed by atoms with Crippen LogP contribution in [-0.4, -0.2) is 79.1 Å². The first-order valence-corrected chi connectivity index (χ1v) is 13.8. The molecule has 4 bridgehead atoms. The molecule has 0 unspecified atom stereocenters. The highest BCUT2D eigenvalue weighted by molar-refractivity contribution is 5.95. The maximum atomic E-state index is 13.2. The molecule has 2 aromatic carbocycles. The Morgan fingerprint density at radius 2 is 2.05 bits per heavy atom. The molecule has 208 valence electrons. The third-order valence-corrected chi connectivity index (χ3v) is 8.12. The van der Waals surface area contributed by atoms with Gasteiger partial charge in [0.25, 0.3) is 5.91 Å². The predicted octanol–water partition coefficient (Wildman–Crippen LogP) is 3.52. The second-order valence-electron chi connectivity index (χ2n) is 10.8. The highest BCUT2D eigenvalue weighted by Crippen LogP contribution is 2.52. The third-order valence-electron chi connectivity index (χ3n) is 8.12. The molecule has 4 aliphatic heterocycles. The normalized spacial score (nSPS) is 23.3. The minimum absolute atomic E-state index is 0.0627. The van der Waals surface area contributed by atoms with E-state index in [1.165, 1.54) is 16.9 Å². The number of likely N-dealkylation sites (tertiary alicyclic amines) is 1. The van der Waals surface area contributed by atoms with Crippen molar-refractivity contribution in [3.05, 3.63) is 83.6 Å². The van der Waals surface area contributed by atoms with Gasteiger partial charge in [0.15, 0.2) is 23.6 Å². The van der Waals surface area contributed by atoms with Crippen molar-refractivity contribution in [3.63, 3.8) is 0 Å². The number of ether oxygens (including phenoxy) is 2. The van der Waals surface area contributed by atoms with E-state index in [4.69, 9.17) is 13.9 Å². The summed E-state index contributed by atoms with van der Waals surface area (Å²) in [5.41, 5.74) is 2.22. The van der Waals surface area contributed by atoms with Crippen LogP contribution in [0.25, 0.3) is 6.08 Å². The minimum Gasteiger partial charge on any atom is -0.490 e. The van der Waals surface area contributed by atoms with Gasteiger partial charge in [0.2, 0.25) is 5.91 Å². The number of nitrogens with zero attached hydrogens (tertiary/aromatic N) is 3. The Kier molecular flexibility index (Phi) is 7.30. The van der Waals surface area contributed by atoms with Crippen molar-refractivity contribution in [3.8, 4) is 11.5 Å². The van der Waals surface area contributed by atoms with Gasteiger partial charge in [-0.3, -0.25) is 14.5 Å². The minimum atomic E-state index is -0.323. The third kappa shape index (κ3) is 5.21. The Balaban J connectivity index is 1.25. The van der Waals surface area contributed by atoms with Crippen LogP contribution in [0.1, 0.15) is 39.7 Å². The molecule has 9 heteroatoms. The quantitative estimate of drug-likeness (QED) is 0.539. The lowest BCUT2D eigenvalue weighted by molar-refractivity contribution is -0.122. The van der Waals surface area contributed by atoms with Gasteiger partial charge >= 0.3 is 0 Å². The lowest BCUT2D eigenvalue weighted by Crippen LogP contribution is -2.50.